The number of amides is 1. The summed E-state index contributed by atoms with van der Waals surface area (Å²) < 4.78 is 0. The molecule has 0 unspecified atom stereocenters. The van der Waals surface area contributed by atoms with Crippen LogP contribution >= 0.6 is 34.0 Å². The predicted octanol–water partition coefficient (Wildman–Crippen LogP) is 3.44. The first-order valence-corrected chi connectivity index (χ1v) is 9.47. The van der Waals surface area contributed by atoms with Crippen molar-refractivity contribution in [1.29, 1.82) is 0 Å². The van der Waals surface area contributed by atoms with E-state index in [2.05, 4.69) is 10.2 Å². The van der Waals surface area contributed by atoms with Crippen molar-refractivity contribution in [3.05, 3.63) is 61.6 Å². The van der Waals surface area contributed by atoms with Crippen LogP contribution in [0.4, 0.5) is 5.13 Å². The third-order valence-electron chi connectivity index (χ3n) is 3.57. The van der Waals surface area contributed by atoms with Gasteiger partial charge in [-0.15, -0.1) is 32.9 Å². The van der Waals surface area contributed by atoms with E-state index in [0.29, 0.717) is 10.0 Å². The van der Waals surface area contributed by atoms with E-state index in [9.17, 15) is 14.7 Å². The first-order valence-electron chi connectivity index (χ1n) is 6.83. The van der Waals surface area contributed by atoms with Crippen molar-refractivity contribution in [2.75, 3.05) is 4.90 Å². The van der Waals surface area contributed by atoms with E-state index >= 15 is 0 Å². The second-order valence-electron chi connectivity index (χ2n) is 4.88. The molecule has 1 aliphatic rings. The number of carbonyl (C=O) groups excluding carboxylic acids is 2. The zero-order valence-electron chi connectivity index (χ0n) is 11.9. The number of aliphatic hydroxyl groups excluding tert-OH is 1. The highest BCUT2D eigenvalue weighted by Crippen LogP contribution is 2.43. The van der Waals surface area contributed by atoms with Crippen molar-refractivity contribution in [3.8, 4) is 0 Å². The van der Waals surface area contributed by atoms with Gasteiger partial charge >= 0.3 is 0 Å². The number of aromatic nitrogens is 2. The Labute approximate surface area is 148 Å². The molecular formula is C15H9N3O3S3. The quantitative estimate of drug-likeness (QED) is 0.706. The van der Waals surface area contributed by atoms with E-state index in [0.717, 1.165) is 4.88 Å². The van der Waals surface area contributed by atoms with Crippen LogP contribution in [0.1, 0.15) is 20.6 Å². The second-order valence-corrected chi connectivity index (χ2v) is 7.62. The Bertz CT molecular complexity index is 915. The Morgan fingerprint density at radius 2 is 1.96 bits per heavy atom. The number of anilines is 1. The molecule has 9 heteroatoms. The van der Waals surface area contributed by atoms with E-state index in [1.54, 1.807) is 17.5 Å². The number of carbonyl (C=O) groups is 2. The molecule has 1 atom stereocenters. The van der Waals surface area contributed by atoms with E-state index in [1.165, 1.54) is 44.4 Å². The highest BCUT2D eigenvalue weighted by molar-refractivity contribution is 7.13. The molecule has 1 aliphatic heterocycles. The lowest BCUT2D eigenvalue weighted by Crippen LogP contribution is -2.30. The Balaban J connectivity index is 1.87. The summed E-state index contributed by atoms with van der Waals surface area (Å²) in [4.78, 5) is 28.1. The number of rotatable bonds is 4. The monoisotopic (exact) mass is 375 g/mol. The van der Waals surface area contributed by atoms with Crippen LogP contribution in [0.2, 0.25) is 0 Å². The predicted molar refractivity (Wildman–Crippen MR) is 92.8 cm³/mol. The highest BCUT2D eigenvalue weighted by Gasteiger charge is 2.46. The van der Waals surface area contributed by atoms with Gasteiger partial charge in [-0.1, -0.05) is 23.5 Å². The number of aliphatic hydroxyl groups is 1. The Morgan fingerprint density at radius 3 is 2.58 bits per heavy atom. The molecule has 4 heterocycles. The lowest BCUT2D eigenvalue weighted by atomic mass is 10.0. The lowest BCUT2D eigenvalue weighted by Gasteiger charge is -2.22. The molecule has 120 valence electrons. The second kappa shape index (κ2) is 5.93. The molecule has 0 radical (unpaired) electrons. The van der Waals surface area contributed by atoms with Gasteiger partial charge < -0.3 is 5.11 Å². The number of thiophene rings is 2. The Kier molecular flexibility index (Phi) is 3.75. The normalized spacial score (nSPS) is 17.8. The van der Waals surface area contributed by atoms with Crippen molar-refractivity contribution in [2.24, 2.45) is 0 Å². The molecule has 1 N–H and O–H groups in total. The molecule has 0 saturated heterocycles. The van der Waals surface area contributed by atoms with E-state index in [1.807, 2.05) is 17.5 Å². The van der Waals surface area contributed by atoms with Gasteiger partial charge in [0.05, 0.1) is 10.5 Å². The average molecular weight is 375 g/mol. The summed E-state index contributed by atoms with van der Waals surface area (Å²) in [7, 11) is 0. The van der Waals surface area contributed by atoms with E-state index in [4.69, 9.17) is 0 Å². The molecule has 1 amide bonds. The number of hydrogen-bond donors (Lipinski definition) is 1. The molecule has 0 aliphatic carbocycles. The minimum atomic E-state index is -0.694. The molecule has 4 rings (SSSR count). The van der Waals surface area contributed by atoms with Crippen molar-refractivity contribution in [3.63, 3.8) is 0 Å². The van der Waals surface area contributed by atoms with Gasteiger partial charge in [-0.05, 0) is 22.9 Å². The largest absolute Gasteiger partial charge is 0.503 e. The van der Waals surface area contributed by atoms with Gasteiger partial charge in [0.1, 0.15) is 11.6 Å². The van der Waals surface area contributed by atoms with Gasteiger partial charge in [0.15, 0.2) is 5.76 Å². The molecule has 0 saturated carbocycles. The topological polar surface area (TPSA) is 83.4 Å². The number of hydrogen-bond acceptors (Lipinski definition) is 8. The lowest BCUT2D eigenvalue weighted by molar-refractivity contribution is -0.117. The smallest absolute Gasteiger partial charge is 0.296 e. The molecule has 0 aromatic carbocycles. The van der Waals surface area contributed by atoms with Crippen LogP contribution in [0.25, 0.3) is 0 Å². The average Bonchev–Trinajstić information content (AvgIpc) is 3.37. The van der Waals surface area contributed by atoms with Crippen LogP contribution in [-0.4, -0.2) is 27.0 Å². The summed E-state index contributed by atoms with van der Waals surface area (Å²) >= 11 is 3.86. The van der Waals surface area contributed by atoms with Crippen molar-refractivity contribution in [2.45, 2.75) is 6.04 Å². The fourth-order valence-corrected chi connectivity index (χ4v) is 4.65. The molecule has 24 heavy (non-hydrogen) atoms. The standard InChI is InChI=1S/C15H9N3O3S3/c19-12(9-4-2-6-23-9)10-11(8-3-1-5-22-8)18(14(21)13(10)20)15-17-16-7-24-15/h1-7,11,20H/t11-/m1/s1. The minimum absolute atomic E-state index is 0.0834. The maximum Gasteiger partial charge on any atom is 0.296 e. The zero-order chi connectivity index (χ0) is 16.7. The van der Waals surface area contributed by atoms with Crippen molar-refractivity contribution >= 4 is 50.8 Å². The van der Waals surface area contributed by atoms with Gasteiger partial charge in [-0.3, -0.25) is 14.5 Å². The van der Waals surface area contributed by atoms with Gasteiger partial charge in [0, 0.05) is 4.88 Å². The number of nitrogens with zero attached hydrogens (tertiary/aromatic N) is 3. The molecule has 0 spiro atoms. The molecule has 3 aromatic rings. The van der Waals surface area contributed by atoms with Gasteiger partial charge in [0.2, 0.25) is 10.9 Å². The summed E-state index contributed by atoms with van der Waals surface area (Å²) in [5.41, 5.74) is 1.59. The highest BCUT2D eigenvalue weighted by atomic mass is 32.1. The van der Waals surface area contributed by atoms with E-state index < -0.39 is 17.7 Å². The molecule has 6 nitrogen and oxygen atoms in total. The zero-order valence-corrected chi connectivity index (χ0v) is 14.4. The van der Waals surface area contributed by atoms with Crippen LogP contribution in [0.5, 0.6) is 0 Å². The maximum absolute atomic E-state index is 12.9. The van der Waals surface area contributed by atoms with Gasteiger partial charge in [0.25, 0.3) is 5.91 Å². The van der Waals surface area contributed by atoms with Crippen LogP contribution < -0.4 is 4.90 Å². The molecule has 0 bridgehead atoms. The maximum atomic E-state index is 12.9. The van der Waals surface area contributed by atoms with Gasteiger partial charge in [-0.2, -0.15) is 0 Å². The molecule has 3 aromatic heterocycles. The number of ketones is 1. The first-order chi connectivity index (χ1) is 11.7. The summed E-state index contributed by atoms with van der Waals surface area (Å²) in [5, 5.41) is 22.1. The third-order valence-corrected chi connectivity index (χ3v) is 6.05. The van der Waals surface area contributed by atoms with Gasteiger partial charge in [-0.25, -0.2) is 0 Å². The van der Waals surface area contributed by atoms with Crippen molar-refractivity contribution in [1.82, 2.24) is 10.2 Å². The SMILES string of the molecule is O=C(C1=C(O)C(=O)N(c2nncs2)[C@@H]1c1cccs1)c1cccs1. The summed E-state index contributed by atoms with van der Waals surface area (Å²) in [5.74, 6) is -1.51. The molecular weight excluding hydrogens is 366 g/mol. The summed E-state index contributed by atoms with van der Waals surface area (Å²) in [6.07, 6.45) is 0. The van der Waals surface area contributed by atoms with Crippen LogP contribution in [-0.2, 0) is 4.79 Å². The minimum Gasteiger partial charge on any atom is -0.503 e. The van der Waals surface area contributed by atoms with Crippen molar-refractivity contribution < 1.29 is 14.7 Å². The number of Topliss-reactive ketones (excluding diaryl/α,β-unsaturated/α-hetero) is 1. The fourth-order valence-electron chi connectivity index (χ4n) is 2.56. The Hall–Kier alpha value is -2.36. The van der Waals surface area contributed by atoms with Crippen LogP contribution in [0, 0.1) is 0 Å². The Morgan fingerprint density at radius 1 is 1.17 bits per heavy atom. The molecule has 0 fully saturated rings. The van der Waals surface area contributed by atoms with Crippen LogP contribution in [0.15, 0.2) is 51.9 Å². The summed E-state index contributed by atoms with van der Waals surface area (Å²) in [6.45, 7) is 0. The van der Waals surface area contributed by atoms with Crippen LogP contribution in [0.3, 0.4) is 0 Å². The first kappa shape index (κ1) is 15.2. The third kappa shape index (κ3) is 2.29. The summed E-state index contributed by atoms with van der Waals surface area (Å²) in [6, 6.07) is 6.41. The fraction of sp³-hybridized carbons (Fsp3) is 0.0667. The van der Waals surface area contributed by atoms with E-state index in [-0.39, 0.29) is 11.4 Å².